The molecule has 4 aromatic heterocycles. The normalized spacial score (nSPS) is 15.3. The topological polar surface area (TPSA) is 76.0 Å². The van der Waals surface area contributed by atoms with Gasteiger partial charge in [-0.05, 0) is 42.9 Å². The van der Waals surface area contributed by atoms with E-state index >= 15 is 0 Å². The Balaban J connectivity index is 1.44. The lowest BCUT2D eigenvalue weighted by Gasteiger charge is -2.33. The maximum absolute atomic E-state index is 13.0. The summed E-state index contributed by atoms with van der Waals surface area (Å²) in [5.74, 6) is 0.758. The van der Waals surface area contributed by atoms with E-state index in [9.17, 15) is 9.59 Å². The van der Waals surface area contributed by atoms with E-state index in [1.165, 1.54) is 0 Å². The summed E-state index contributed by atoms with van der Waals surface area (Å²) in [7, 11) is 0. The predicted molar refractivity (Wildman–Crippen MR) is 113 cm³/mol. The average Bonchev–Trinajstić information content (AvgIpc) is 3.46. The number of fused-ring (bicyclic) bond motifs is 3. The fourth-order valence-corrected chi connectivity index (χ4v) is 4.09. The Hall–Kier alpha value is -3.39. The fraction of sp³-hybridized carbons (Fsp3) is 0.318. The third kappa shape index (κ3) is 3.09. The van der Waals surface area contributed by atoms with Crippen molar-refractivity contribution in [2.24, 2.45) is 0 Å². The van der Waals surface area contributed by atoms with Crippen LogP contribution in [0.15, 0.2) is 58.0 Å². The summed E-state index contributed by atoms with van der Waals surface area (Å²) in [5.41, 5.74) is 1.85. The number of piperazine rings is 1. The zero-order chi connectivity index (χ0) is 20.7. The zero-order valence-electron chi connectivity index (χ0n) is 16.8. The highest BCUT2D eigenvalue weighted by atomic mass is 16.4. The second-order valence-corrected chi connectivity index (χ2v) is 7.49. The van der Waals surface area contributed by atoms with E-state index in [1.807, 2.05) is 33.7 Å². The molecule has 0 N–H and O–H groups in total. The van der Waals surface area contributed by atoms with Crippen LogP contribution in [0.5, 0.6) is 0 Å². The monoisotopic (exact) mass is 405 g/mol. The highest BCUT2D eigenvalue weighted by Crippen LogP contribution is 2.17. The van der Waals surface area contributed by atoms with Crippen LogP contribution in [0.4, 0.5) is 0 Å². The Morgan fingerprint density at radius 3 is 2.67 bits per heavy atom. The van der Waals surface area contributed by atoms with Crippen molar-refractivity contribution in [3.05, 3.63) is 70.7 Å². The number of likely N-dealkylation sites (N-methyl/N-ethyl adjacent to an activating group) is 1. The lowest BCUT2D eigenvalue weighted by Crippen LogP contribution is -2.48. The summed E-state index contributed by atoms with van der Waals surface area (Å²) in [6.45, 7) is 6.48. The van der Waals surface area contributed by atoms with E-state index in [-0.39, 0.29) is 18.0 Å². The van der Waals surface area contributed by atoms with Crippen molar-refractivity contribution in [1.29, 1.82) is 0 Å². The van der Waals surface area contributed by atoms with Crippen LogP contribution in [0, 0.1) is 0 Å². The van der Waals surface area contributed by atoms with Crippen molar-refractivity contribution in [2.75, 3.05) is 32.7 Å². The van der Waals surface area contributed by atoms with Crippen molar-refractivity contribution >= 4 is 22.6 Å². The number of carbonyl (C=O) groups is 1. The number of aromatic nitrogens is 3. The van der Waals surface area contributed by atoms with Crippen molar-refractivity contribution < 1.29 is 9.21 Å². The maximum atomic E-state index is 13.0. The zero-order valence-corrected chi connectivity index (χ0v) is 16.8. The summed E-state index contributed by atoms with van der Waals surface area (Å²) in [5, 5.41) is 0. The third-order valence-electron chi connectivity index (χ3n) is 5.79. The van der Waals surface area contributed by atoms with Crippen molar-refractivity contribution in [1.82, 2.24) is 23.8 Å². The van der Waals surface area contributed by atoms with Gasteiger partial charge in [-0.15, -0.1) is 0 Å². The maximum Gasteiger partial charge on any atom is 0.289 e. The van der Waals surface area contributed by atoms with E-state index in [4.69, 9.17) is 4.42 Å². The first-order valence-electron chi connectivity index (χ1n) is 10.2. The van der Waals surface area contributed by atoms with Gasteiger partial charge in [0.25, 0.3) is 11.5 Å². The van der Waals surface area contributed by atoms with E-state index in [1.54, 1.807) is 29.0 Å². The Labute approximate surface area is 172 Å². The van der Waals surface area contributed by atoms with Gasteiger partial charge < -0.3 is 18.6 Å². The van der Waals surface area contributed by atoms with E-state index in [0.29, 0.717) is 35.8 Å². The predicted octanol–water partition coefficient (Wildman–Crippen LogP) is 2.07. The van der Waals surface area contributed by atoms with Crippen molar-refractivity contribution in [3.63, 3.8) is 0 Å². The van der Waals surface area contributed by atoms with E-state index in [0.717, 1.165) is 25.2 Å². The van der Waals surface area contributed by atoms with Crippen LogP contribution in [-0.2, 0) is 6.54 Å². The molecule has 0 saturated carbocycles. The number of hydrogen-bond acceptors (Lipinski definition) is 5. The minimum atomic E-state index is -0.147. The fourth-order valence-electron chi connectivity index (χ4n) is 4.09. The molecule has 154 valence electrons. The molecule has 5 heterocycles. The summed E-state index contributed by atoms with van der Waals surface area (Å²) >= 11 is 0. The minimum absolute atomic E-state index is 0.102. The van der Waals surface area contributed by atoms with Gasteiger partial charge >= 0.3 is 0 Å². The molecule has 0 atom stereocenters. The molecule has 1 aliphatic rings. The molecule has 4 aromatic rings. The van der Waals surface area contributed by atoms with Gasteiger partial charge in [-0.1, -0.05) is 6.92 Å². The van der Waals surface area contributed by atoms with Crippen LogP contribution in [0.25, 0.3) is 16.7 Å². The Morgan fingerprint density at radius 2 is 1.87 bits per heavy atom. The van der Waals surface area contributed by atoms with Crippen LogP contribution in [0.2, 0.25) is 0 Å². The van der Waals surface area contributed by atoms with Crippen molar-refractivity contribution in [2.45, 2.75) is 13.5 Å². The molecule has 5 rings (SSSR count). The molecular weight excluding hydrogens is 382 g/mol. The van der Waals surface area contributed by atoms with Gasteiger partial charge in [-0.3, -0.25) is 14.2 Å². The first-order chi connectivity index (χ1) is 14.7. The molecule has 1 aliphatic heterocycles. The molecule has 8 nitrogen and oxygen atoms in total. The van der Waals surface area contributed by atoms with Gasteiger partial charge in [-0.2, -0.15) is 0 Å². The molecule has 0 aliphatic carbocycles. The largest absolute Gasteiger partial charge is 0.454 e. The van der Waals surface area contributed by atoms with E-state index < -0.39 is 0 Å². The molecule has 8 heteroatoms. The Morgan fingerprint density at radius 1 is 1.07 bits per heavy atom. The van der Waals surface area contributed by atoms with Crippen LogP contribution >= 0.6 is 0 Å². The Bertz CT molecular complexity index is 1280. The summed E-state index contributed by atoms with van der Waals surface area (Å²) in [6.07, 6.45) is 3.52. The van der Waals surface area contributed by atoms with Crippen LogP contribution in [0.3, 0.4) is 0 Å². The lowest BCUT2D eigenvalue weighted by atomic mass is 10.3. The second kappa shape index (κ2) is 7.46. The first-order valence-corrected chi connectivity index (χ1v) is 10.2. The van der Waals surface area contributed by atoms with E-state index in [2.05, 4.69) is 16.8 Å². The molecule has 1 saturated heterocycles. The van der Waals surface area contributed by atoms with Gasteiger partial charge in [0, 0.05) is 38.6 Å². The molecule has 0 aromatic carbocycles. The average molecular weight is 405 g/mol. The van der Waals surface area contributed by atoms with Gasteiger partial charge in [0.05, 0.1) is 12.1 Å². The number of rotatable bonds is 4. The molecular formula is C22H23N5O3. The van der Waals surface area contributed by atoms with Crippen LogP contribution in [-0.4, -0.2) is 62.4 Å². The summed E-state index contributed by atoms with van der Waals surface area (Å²) < 4.78 is 9.29. The van der Waals surface area contributed by atoms with Crippen molar-refractivity contribution in [3.8, 4) is 0 Å². The summed E-state index contributed by atoms with van der Waals surface area (Å²) in [4.78, 5) is 34.4. The number of pyridine rings is 1. The second-order valence-electron chi connectivity index (χ2n) is 7.49. The molecule has 0 spiro atoms. The highest BCUT2D eigenvalue weighted by Gasteiger charge is 2.24. The molecule has 0 bridgehead atoms. The molecule has 30 heavy (non-hydrogen) atoms. The van der Waals surface area contributed by atoms with Crippen LogP contribution in [0.1, 0.15) is 23.2 Å². The SMILES string of the molecule is CCN1CCN(C(=O)c2ccc(Cn3c(=O)c4cccn4c4cccnc43)o2)CC1. The van der Waals surface area contributed by atoms with Gasteiger partial charge in [0.1, 0.15) is 11.3 Å². The standard InChI is InChI=1S/C22H23N5O3/c1-2-24-11-13-25(14-12-24)22(29)19-8-7-16(30-19)15-27-20-17(5-3-9-23-20)26-10-4-6-18(26)21(27)28/h3-10H,2,11-15H2,1H3. The van der Waals surface area contributed by atoms with Gasteiger partial charge in [0.2, 0.25) is 0 Å². The number of hydrogen-bond donors (Lipinski definition) is 0. The molecule has 1 amide bonds. The third-order valence-corrected chi connectivity index (χ3v) is 5.79. The lowest BCUT2D eigenvalue weighted by molar-refractivity contribution is 0.0610. The molecule has 0 radical (unpaired) electrons. The van der Waals surface area contributed by atoms with Gasteiger partial charge in [-0.25, -0.2) is 4.98 Å². The number of nitrogens with zero attached hydrogens (tertiary/aromatic N) is 5. The van der Waals surface area contributed by atoms with Crippen LogP contribution < -0.4 is 5.56 Å². The Kier molecular flexibility index (Phi) is 4.63. The first kappa shape index (κ1) is 18.6. The highest BCUT2D eigenvalue weighted by molar-refractivity contribution is 5.91. The number of carbonyl (C=O) groups excluding carboxylic acids is 1. The van der Waals surface area contributed by atoms with Gasteiger partial charge in [0.15, 0.2) is 11.4 Å². The quantitative estimate of drug-likeness (QED) is 0.520. The summed E-state index contributed by atoms with van der Waals surface area (Å²) in [6, 6.07) is 10.9. The smallest absolute Gasteiger partial charge is 0.289 e. The molecule has 1 fully saturated rings. The molecule has 0 unspecified atom stereocenters. The number of furan rings is 1. The minimum Gasteiger partial charge on any atom is -0.454 e. The number of amides is 1.